The number of anilines is 2. The lowest BCUT2D eigenvalue weighted by atomic mass is 10.2. The van der Waals surface area contributed by atoms with E-state index >= 15 is 0 Å². The van der Waals surface area contributed by atoms with Gasteiger partial charge in [-0.3, -0.25) is 0 Å². The van der Waals surface area contributed by atoms with E-state index in [1.165, 1.54) is 6.07 Å². The summed E-state index contributed by atoms with van der Waals surface area (Å²) in [6.07, 6.45) is 0. The van der Waals surface area contributed by atoms with Crippen molar-refractivity contribution in [3.8, 4) is 5.75 Å². The summed E-state index contributed by atoms with van der Waals surface area (Å²) in [5.41, 5.74) is 2.10. The van der Waals surface area contributed by atoms with Gasteiger partial charge < -0.3 is 15.4 Å². The number of halogens is 2. The highest BCUT2D eigenvalue weighted by molar-refractivity contribution is 7.80. The third-order valence-electron chi connectivity index (χ3n) is 2.63. The van der Waals surface area contributed by atoms with Crippen LogP contribution in [0.5, 0.6) is 5.75 Å². The summed E-state index contributed by atoms with van der Waals surface area (Å²) in [5, 5.41) is 6.13. The van der Waals surface area contributed by atoms with Gasteiger partial charge in [0.05, 0.1) is 5.69 Å². The average Bonchev–Trinajstić information content (AvgIpc) is 2.42. The van der Waals surface area contributed by atoms with Gasteiger partial charge in [0, 0.05) is 5.69 Å². The quantitative estimate of drug-likeness (QED) is 0.820. The van der Waals surface area contributed by atoms with Crippen LogP contribution in [0.2, 0.25) is 0 Å². The number of hydrogen-bond donors (Lipinski definition) is 2. The van der Waals surface area contributed by atoms with Crippen LogP contribution in [0, 0.1) is 6.92 Å². The highest BCUT2D eigenvalue weighted by Gasteiger charge is 2.11. The van der Waals surface area contributed by atoms with E-state index in [0.717, 1.165) is 11.3 Å². The van der Waals surface area contributed by atoms with Crippen LogP contribution in [0.3, 0.4) is 0 Å². The highest BCUT2D eigenvalue weighted by Crippen LogP contribution is 2.27. The molecule has 0 unspecified atom stereocenters. The van der Waals surface area contributed by atoms with Crippen LogP contribution in [0.25, 0.3) is 0 Å². The first-order valence-electron chi connectivity index (χ1n) is 6.23. The molecule has 0 aliphatic heterocycles. The molecule has 0 atom stereocenters. The predicted octanol–water partition coefficient (Wildman–Crippen LogP) is 4.41. The van der Waals surface area contributed by atoms with Gasteiger partial charge in [-0.15, -0.1) is 0 Å². The summed E-state index contributed by atoms with van der Waals surface area (Å²) >= 11 is 5.17. The molecule has 0 radical (unpaired) electrons. The lowest BCUT2D eigenvalue weighted by molar-refractivity contribution is -0.0493. The van der Waals surface area contributed by atoms with Crippen LogP contribution in [-0.4, -0.2) is 11.7 Å². The third kappa shape index (κ3) is 4.68. The minimum absolute atomic E-state index is 0.0489. The smallest absolute Gasteiger partial charge is 0.387 e. The number of thiocarbonyl (C=S) groups is 1. The molecule has 2 rings (SSSR count). The van der Waals surface area contributed by atoms with Crippen molar-refractivity contribution in [1.82, 2.24) is 0 Å². The molecule has 2 N–H and O–H groups in total. The number of ether oxygens (including phenoxy) is 1. The largest absolute Gasteiger partial charge is 0.433 e. The Kier molecular flexibility index (Phi) is 5.05. The van der Waals surface area contributed by atoms with Crippen LogP contribution < -0.4 is 15.4 Å². The normalized spacial score (nSPS) is 10.3. The lowest BCUT2D eigenvalue weighted by Crippen LogP contribution is -2.20. The van der Waals surface area contributed by atoms with E-state index < -0.39 is 6.61 Å². The number of benzene rings is 2. The maximum Gasteiger partial charge on any atom is 0.387 e. The molecule has 21 heavy (non-hydrogen) atoms. The van der Waals surface area contributed by atoms with Crippen molar-refractivity contribution in [1.29, 1.82) is 0 Å². The van der Waals surface area contributed by atoms with Crippen molar-refractivity contribution >= 4 is 28.7 Å². The second-order valence-corrected chi connectivity index (χ2v) is 4.73. The summed E-state index contributed by atoms with van der Waals surface area (Å²) in [6, 6.07) is 14.2. The molecular formula is C15H14F2N2OS. The van der Waals surface area contributed by atoms with Crippen LogP contribution in [0.1, 0.15) is 5.56 Å². The fraction of sp³-hybridized carbons (Fsp3) is 0.133. The SMILES string of the molecule is Cc1ccc(OC(F)F)c(NC(=S)Nc2ccccc2)c1. The maximum atomic E-state index is 12.4. The molecule has 6 heteroatoms. The minimum atomic E-state index is -2.89. The zero-order chi connectivity index (χ0) is 15.2. The van der Waals surface area contributed by atoms with Gasteiger partial charge in [0.25, 0.3) is 0 Å². The van der Waals surface area contributed by atoms with Crippen molar-refractivity contribution in [3.05, 3.63) is 54.1 Å². The molecule has 2 aromatic rings. The zero-order valence-electron chi connectivity index (χ0n) is 11.3. The molecule has 0 saturated carbocycles. The molecule has 0 spiro atoms. The number of aryl methyl sites for hydroxylation is 1. The van der Waals surface area contributed by atoms with Crippen LogP contribution >= 0.6 is 12.2 Å². The molecule has 0 aromatic heterocycles. The van der Waals surface area contributed by atoms with Crippen molar-refractivity contribution < 1.29 is 13.5 Å². The van der Waals surface area contributed by atoms with E-state index in [1.54, 1.807) is 12.1 Å². The number of nitrogens with one attached hydrogen (secondary N) is 2. The molecule has 0 aliphatic rings. The first kappa shape index (κ1) is 15.2. The Morgan fingerprint density at radius 2 is 1.81 bits per heavy atom. The number of hydrogen-bond acceptors (Lipinski definition) is 2. The predicted molar refractivity (Wildman–Crippen MR) is 84.1 cm³/mol. The Bertz CT molecular complexity index is 620. The van der Waals surface area contributed by atoms with E-state index in [2.05, 4.69) is 15.4 Å². The maximum absolute atomic E-state index is 12.4. The van der Waals surface area contributed by atoms with Crippen molar-refractivity contribution in [2.45, 2.75) is 13.5 Å². The summed E-state index contributed by atoms with van der Waals surface area (Å²) in [4.78, 5) is 0. The molecule has 0 amide bonds. The summed E-state index contributed by atoms with van der Waals surface area (Å²) in [6.45, 7) is -1.03. The van der Waals surface area contributed by atoms with Gasteiger partial charge in [0.1, 0.15) is 5.75 Å². The third-order valence-corrected chi connectivity index (χ3v) is 2.84. The minimum Gasteiger partial charge on any atom is -0.433 e. The van der Waals surface area contributed by atoms with E-state index in [1.807, 2.05) is 37.3 Å². The van der Waals surface area contributed by atoms with Crippen molar-refractivity contribution in [2.75, 3.05) is 10.6 Å². The second-order valence-electron chi connectivity index (χ2n) is 4.32. The van der Waals surface area contributed by atoms with E-state index in [-0.39, 0.29) is 5.75 Å². The van der Waals surface area contributed by atoms with Gasteiger partial charge in [-0.05, 0) is 49.0 Å². The first-order chi connectivity index (χ1) is 10.0. The summed E-state index contributed by atoms with van der Waals surface area (Å²) in [7, 11) is 0. The Balaban J connectivity index is 2.11. The van der Waals surface area contributed by atoms with Gasteiger partial charge in [-0.1, -0.05) is 24.3 Å². The van der Waals surface area contributed by atoms with Crippen molar-refractivity contribution in [2.24, 2.45) is 0 Å². The van der Waals surface area contributed by atoms with E-state index in [0.29, 0.717) is 10.8 Å². The Labute approximate surface area is 126 Å². The van der Waals surface area contributed by atoms with Crippen LogP contribution in [0.4, 0.5) is 20.2 Å². The highest BCUT2D eigenvalue weighted by atomic mass is 32.1. The standard InChI is InChI=1S/C15H14F2N2OS/c1-10-7-8-13(20-14(16)17)12(9-10)19-15(21)18-11-5-3-2-4-6-11/h2-9,14H,1H3,(H2,18,19,21). The average molecular weight is 308 g/mol. The topological polar surface area (TPSA) is 33.3 Å². The van der Waals surface area contributed by atoms with Gasteiger partial charge in [-0.25, -0.2) is 0 Å². The molecule has 0 bridgehead atoms. The van der Waals surface area contributed by atoms with E-state index in [9.17, 15) is 8.78 Å². The van der Waals surface area contributed by atoms with Crippen LogP contribution in [-0.2, 0) is 0 Å². The van der Waals surface area contributed by atoms with Crippen LogP contribution in [0.15, 0.2) is 48.5 Å². The number of rotatable bonds is 4. The number of para-hydroxylation sites is 1. The number of alkyl halides is 2. The summed E-state index contributed by atoms with van der Waals surface area (Å²) in [5.74, 6) is 0.0489. The Morgan fingerprint density at radius 3 is 2.48 bits per heavy atom. The Hall–Kier alpha value is -2.21. The van der Waals surface area contributed by atoms with Gasteiger partial charge in [-0.2, -0.15) is 8.78 Å². The second kappa shape index (κ2) is 6.99. The molecule has 0 aliphatic carbocycles. The molecule has 0 fully saturated rings. The van der Waals surface area contributed by atoms with Gasteiger partial charge in [0.15, 0.2) is 5.11 Å². The lowest BCUT2D eigenvalue weighted by Gasteiger charge is -2.15. The fourth-order valence-electron chi connectivity index (χ4n) is 1.75. The monoisotopic (exact) mass is 308 g/mol. The van der Waals surface area contributed by atoms with Crippen molar-refractivity contribution in [3.63, 3.8) is 0 Å². The Morgan fingerprint density at radius 1 is 1.10 bits per heavy atom. The van der Waals surface area contributed by atoms with Gasteiger partial charge in [0.2, 0.25) is 0 Å². The van der Waals surface area contributed by atoms with Gasteiger partial charge >= 0.3 is 6.61 Å². The molecule has 0 saturated heterocycles. The first-order valence-corrected chi connectivity index (χ1v) is 6.64. The zero-order valence-corrected chi connectivity index (χ0v) is 12.1. The molecule has 0 heterocycles. The molecule has 110 valence electrons. The summed E-state index contributed by atoms with van der Waals surface area (Å²) < 4.78 is 29.2. The fourth-order valence-corrected chi connectivity index (χ4v) is 1.97. The molecular weight excluding hydrogens is 294 g/mol. The van der Waals surface area contributed by atoms with E-state index in [4.69, 9.17) is 12.2 Å². The molecule has 3 nitrogen and oxygen atoms in total. The molecule has 2 aromatic carbocycles.